The molecule has 1 rings (SSSR count). The minimum absolute atomic E-state index is 0.0265. The van der Waals surface area contributed by atoms with Gasteiger partial charge in [-0.1, -0.05) is 13.8 Å². The maximum absolute atomic E-state index is 11.8. The highest BCUT2D eigenvalue weighted by molar-refractivity contribution is 9.10. The van der Waals surface area contributed by atoms with Gasteiger partial charge in [0.05, 0.1) is 6.54 Å². The Kier molecular flexibility index (Phi) is 5.95. The first-order valence-corrected chi connectivity index (χ1v) is 6.89. The Morgan fingerprint density at radius 2 is 2.16 bits per heavy atom. The van der Waals surface area contributed by atoms with Gasteiger partial charge in [-0.15, -0.1) is 0 Å². The van der Waals surface area contributed by atoms with E-state index in [1.807, 2.05) is 13.8 Å². The Hall–Kier alpha value is -1.43. The fraction of sp³-hybridized carbons (Fsp3) is 0.462. The van der Waals surface area contributed by atoms with Gasteiger partial charge < -0.3 is 10.2 Å². The molecule has 0 aliphatic heterocycles. The van der Waals surface area contributed by atoms with Crippen LogP contribution in [0.1, 0.15) is 20.3 Å². The molecule has 1 heterocycles. The summed E-state index contributed by atoms with van der Waals surface area (Å²) in [4.78, 5) is 29.1. The number of rotatable bonds is 5. The first-order valence-electron chi connectivity index (χ1n) is 6.10. The van der Waals surface area contributed by atoms with E-state index in [9.17, 15) is 9.59 Å². The summed E-state index contributed by atoms with van der Waals surface area (Å²) >= 11 is 3.27. The molecule has 1 N–H and O–H groups in total. The van der Waals surface area contributed by atoms with Gasteiger partial charge in [0.25, 0.3) is 0 Å². The van der Waals surface area contributed by atoms with Crippen molar-refractivity contribution >= 4 is 33.6 Å². The lowest BCUT2D eigenvalue weighted by molar-refractivity contribution is -0.136. The minimum atomic E-state index is -0.256. The maximum Gasteiger partial charge on any atom is 0.245 e. The third-order valence-corrected chi connectivity index (χ3v) is 3.25. The molecular formula is C13H18BrN3O2. The van der Waals surface area contributed by atoms with Crippen molar-refractivity contribution in [1.29, 1.82) is 0 Å². The molecule has 0 saturated carbocycles. The number of carbonyl (C=O) groups excluding carboxylic acids is 2. The molecular weight excluding hydrogens is 310 g/mol. The zero-order valence-corrected chi connectivity index (χ0v) is 12.9. The van der Waals surface area contributed by atoms with Crippen LogP contribution in [0.5, 0.6) is 0 Å². The lowest BCUT2D eigenvalue weighted by atomic mass is 10.1. The standard InChI is InChI=1S/C13H18BrN3O2/c1-4-9(2)13(19)17(3)8-12(18)16-11-6-5-10(14)7-15-11/h5-7,9H,4,8H2,1-3H3,(H,15,16,18)/t9-/m0/s1. The molecule has 1 atom stereocenters. The molecule has 0 radical (unpaired) electrons. The zero-order chi connectivity index (χ0) is 14.4. The van der Waals surface area contributed by atoms with Crippen LogP contribution in [-0.4, -0.2) is 35.3 Å². The molecule has 0 saturated heterocycles. The highest BCUT2D eigenvalue weighted by Gasteiger charge is 2.18. The molecule has 1 aromatic heterocycles. The Morgan fingerprint density at radius 1 is 1.47 bits per heavy atom. The highest BCUT2D eigenvalue weighted by Crippen LogP contribution is 2.10. The number of aromatic nitrogens is 1. The Labute approximate surface area is 121 Å². The molecule has 5 nitrogen and oxygen atoms in total. The first-order chi connectivity index (χ1) is 8.93. The molecule has 0 aromatic carbocycles. The van der Waals surface area contributed by atoms with Gasteiger partial charge in [-0.05, 0) is 34.5 Å². The second kappa shape index (κ2) is 7.23. The van der Waals surface area contributed by atoms with Gasteiger partial charge >= 0.3 is 0 Å². The number of carbonyl (C=O) groups is 2. The maximum atomic E-state index is 11.8. The van der Waals surface area contributed by atoms with Crippen LogP contribution < -0.4 is 5.32 Å². The second-order valence-electron chi connectivity index (χ2n) is 4.41. The van der Waals surface area contributed by atoms with Crippen LogP contribution in [0.25, 0.3) is 0 Å². The topological polar surface area (TPSA) is 62.3 Å². The lowest BCUT2D eigenvalue weighted by Crippen LogP contribution is -2.37. The van der Waals surface area contributed by atoms with Gasteiger partial charge in [0.15, 0.2) is 0 Å². The summed E-state index contributed by atoms with van der Waals surface area (Å²) in [5, 5.41) is 2.65. The average molecular weight is 328 g/mol. The first kappa shape index (κ1) is 15.6. The van der Waals surface area contributed by atoms with Crippen LogP contribution in [0.2, 0.25) is 0 Å². The number of pyridine rings is 1. The van der Waals surface area contributed by atoms with Crippen LogP contribution in [0, 0.1) is 5.92 Å². The number of nitrogens with one attached hydrogen (secondary N) is 1. The molecule has 0 bridgehead atoms. The van der Waals surface area contributed by atoms with Crippen molar-refractivity contribution in [2.24, 2.45) is 5.92 Å². The summed E-state index contributed by atoms with van der Waals surface area (Å²) in [5.41, 5.74) is 0. The van der Waals surface area contributed by atoms with Gasteiger partial charge in [0, 0.05) is 23.6 Å². The number of hydrogen-bond donors (Lipinski definition) is 1. The molecule has 0 aliphatic rings. The molecule has 19 heavy (non-hydrogen) atoms. The van der Waals surface area contributed by atoms with E-state index in [0.717, 1.165) is 10.9 Å². The number of likely N-dealkylation sites (N-methyl/N-ethyl adjacent to an activating group) is 1. The van der Waals surface area contributed by atoms with Crippen LogP contribution in [0.15, 0.2) is 22.8 Å². The largest absolute Gasteiger partial charge is 0.336 e. The molecule has 6 heteroatoms. The van der Waals surface area contributed by atoms with E-state index >= 15 is 0 Å². The van der Waals surface area contributed by atoms with Crippen molar-refractivity contribution in [3.8, 4) is 0 Å². The third-order valence-electron chi connectivity index (χ3n) is 2.79. The Balaban J connectivity index is 2.51. The number of amides is 2. The van der Waals surface area contributed by atoms with E-state index in [1.54, 1.807) is 25.4 Å². The summed E-state index contributed by atoms with van der Waals surface area (Å²) in [5.74, 6) is 0.122. The van der Waals surface area contributed by atoms with Crippen LogP contribution in [0.4, 0.5) is 5.82 Å². The molecule has 2 amide bonds. The van der Waals surface area contributed by atoms with Crippen molar-refractivity contribution in [2.45, 2.75) is 20.3 Å². The van der Waals surface area contributed by atoms with Crippen LogP contribution >= 0.6 is 15.9 Å². The summed E-state index contributed by atoms with van der Waals surface area (Å²) in [7, 11) is 1.63. The Bertz CT molecular complexity index is 448. The molecule has 0 aliphatic carbocycles. The smallest absolute Gasteiger partial charge is 0.245 e. The highest BCUT2D eigenvalue weighted by atomic mass is 79.9. The zero-order valence-electron chi connectivity index (χ0n) is 11.3. The normalized spacial score (nSPS) is 11.8. The molecule has 0 spiro atoms. The monoisotopic (exact) mass is 327 g/mol. The van der Waals surface area contributed by atoms with Gasteiger partial charge in [-0.2, -0.15) is 0 Å². The second-order valence-corrected chi connectivity index (χ2v) is 5.33. The number of nitrogens with zero attached hydrogens (tertiary/aromatic N) is 2. The van der Waals surface area contributed by atoms with Gasteiger partial charge in [-0.3, -0.25) is 9.59 Å². The predicted molar refractivity (Wildman–Crippen MR) is 77.7 cm³/mol. The van der Waals surface area contributed by atoms with Crippen molar-refractivity contribution in [3.05, 3.63) is 22.8 Å². The van der Waals surface area contributed by atoms with Gasteiger partial charge in [0.1, 0.15) is 5.82 Å². The summed E-state index contributed by atoms with van der Waals surface area (Å²) in [6.45, 7) is 3.83. The van der Waals surface area contributed by atoms with Gasteiger partial charge in [-0.25, -0.2) is 4.98 Å². The number of anilines is 1. The van der Waals surface area contributed by atoms with E-state index in [4.69, 9.17) is 0 Å². The van der Waals surface area contributed by atoms with Gasteiger partial charge in [0.2, 0.25) is 11.8 Å². The van der Waals surface area contributed by atoms with E-state index in [2.05, 4.69) is 26.2 Å². The molecule has 1 aromatic rings. The van der Waals surface area contributed by atoms with Crippen molar-refractivity contribution < 1.29 is 9.59 Å². The quantitative estimate of drug-likeness (QED) is 0.902. The van der Waals surface area contributed by atoms with E-state index in [0.29, 0.717) is 5.82 Å². The average Bonchev–Trinajstić information content (AvgIpc) is 2.39. The predicted octanol–water partition coefficient (Wildman–Crippen LogP) is 2.29. The SMILES string of the molecule is CC[C@H](C)C(=O)N(C)CC(=O)Nc1ccc(Br)cn1. The fourth-order valence-electron chi connectivity index (χ4n) is 1.48. The summed E-state index contributed by atoms with van der Waals surface area (Å²) < 4.78 is 0.842. The molecule has 0 unspecified atom stereocenters. The number of halogens is 1. The Morgan fingerprint density at radius 3 is 2.68 bits per heavy atom. The van der Waals surface area contributed by atoms with Crippen molar-refractivity contribution in [1.82, 2.24) is 9.88 Å². The number of hydrogen-bond acceptors (Lipinski definition) is 3. The van der Waals surface area contributed by atoms with Crippen LogP contribution in [-0.2, 0) is 9.59 Å². The van der Waals surface area contributed by atoms with Crippen molar-refractivity contribution in [3.63, 3.8) is 0 Å². The summed E-state index contributed by atoms with van der Waals surface area (Å²) in [6.07, 6.45) is 2.36. The third kappa shape index (κ3) is 4.98. The van der Waals surface area contributed by atoms with E-state index in [1.165, 1.54) is 4.90 Å². The fourth-order valence-corrected chi connectivity index (χ4v) is 1.71. The van der Waals surface area contributed by atoms with Crippen molar-refractivity contribution in [2.75, 3.05) is 18.9 Å². The lowest BCUT2D eigenvalue weighted by Gasteiger charge is -2.19. The minimum Gasteiger partial charge on any atom is -0.336 e. The molecule has 104 valence electrons. The van der Waals surface area contributed by atoms with E-state index < -0.39 is 0 Å². The van der Waals surface area contributed by atoms with E-state index in [-0.39, 0.29) is 24.3 Å². The molecule has 0 fully saturated rings. The van der Waals surface area contributed by atoms with Crippen LogP contribution in [0.3, 0.4) is 0 Å². The summed E-state index contributed by atoms with van der Waals surface area (Å²) in [6, 6.07) is 3.48.